The van der Waals surface area contributed by atoms with E-state index in [0.29, 0.717) is 12.1 Å². The van der Waals surface area contributed by atoms with Crippen LogP contribution in [0.2, 0.25) is 10.0 Å². The molecule has 0 unspecified atom stereocenters. The lowest BCUT2D eigenvalue weighted by molar-refractivity contribution is -0.105. The Bertz CT molecular complexity index is 767. The zero-order valence-corrected chi connectivity index (χ0v) is 14.8. The topological polar surface area (TPSA) is 88.1 Å². The van der Waals surface area contributed by atoms with Crippen LogP contribution in [0.15, 0.2) is 24.4 Å². The fourth-order valence-corrected chi connectivity index (χ4v) is 3.37. The molecule has 7 nitrogen and oxygen atoms in total. The smallest absolute Gasteiger partial charge is 0.258 e. The molecule has 9 heteroatoms. The summed E-state index contributed by atoms with van der Waals surface area (Å²) in [5.74, 6) is -0.181. The third kappa shape index (κ3) is 3.95. The number of nitrogens with zero attached hydrogens (tertiary/aromatic N) is 2. The van der Waals surface area contributed by atoms with Gasteiger partial charge in [0.1, 0.15) is 5.69 Å². The summed E-state index contributed by atoms with van der Waals surface area (Å²) in [5.41, 5.74) is 0.573. The van der Waals surface area contributed by atoms with E-state index < -0.39 is 5.91 Å². The van der Waals surface area contributed by atoms with Crippen LogP contribution in [0.25, 0.3) is 0 Å². The summed E-state index contributed by atoms with van der Waals surface area (Å²) >= 11 is 12.1. The van der Waals surface area contributed by atoms with Gasteiger partial charge in [0.2, 0.25) is 6.41 Å². The number of aromatic nitrogens is 2. The van der Waals surface area contributed by atoms with Gasteiger partial charge in [-0.3, -0.25) is 14.3 Å². The first-order chi connectivity index (χ1) is 12.1. The number of piperidine rings is 1. The monoisotopic (exact) mass is 381 g/mol. The van der Waals surface area contributed by atoms with Crippen molar-refractivity contribution >= 4 is 47.0 Å². The van der Waals surface area contributed by atoms with E-state index in [4.69, 9.17) is 23.2 Å². The first-order valence-corrected chi connectivity index (χ1v) is 8.61. The molecule has 0 bridgehead atoms. The largest absolute Gasteiger partial charge is 0.317 e. The van der Waals surface area contributed by atoms with Crippen molar-refractivity contribution in [3.05, 3.63) is 40.0 Å². The lowest BCUT2D eigenvalue weighted by Crippen LogP contribution is -2.29. The maximum atomic E-state index is 12.6. The first-order valence-electron chi connectivity index (χ1n) is 7.85. The number of hydrogen-bond donors (Lipinski definition) is 3. The van der Waals surface area contributed by atoms with Crippen molar-refractivity contribution in [2.45, 2.75) is 18.9 Å². The van der Waals surface area contributed by atoms with E-state index >= 15 is 0 Å². The van der Waals surface area contributed by atoms with Gasteiger partial charge < -0.3 is 16.0 Å². The highest BCUT2D eigenvalue weighted by Crippen LogP contribution is 2.29. The van der Waals surface area contributed by atoms with Crippen LogP contribution in [-0.2, 0) is 4.79 Å². The van der Waals surface area contributed by atoms with Crippen molar-refractivity contribution in [1.82, 2.24) is 15.1 Å². The summed E-state index contributed by atoms with van der Waals surface area (Å²) < 4.78 is 1.77. The van der Waals surface area contributed by atoms with Crippen molar-refractivity contribution in [1.29, 1.82) is 0 Å². The molecule has 1 aliphatic rings. The Morgan fingerprint density at radius 1 is 1.28 bits per heavy atom. The maximum Gasteiger partial charge on any atom is 0.258 e. The number of rotatable bonds is 5. The molecule has 132 valence electrons. The molecule has 2 amide bonds. The molecule has 0 atom stereocenters. The zero-order valence-electron chi connectivity index (χ0n) is 13.3. The molecule has 1 aromatic heterocycles. The van der Waals surface area contributed by atoms with Gasteiger partial charge in [-0.15, -0.1) is 0 Å². The Labute approximate surface area is 154 Å². The molecule has 1 aromatic carbocycles. The number of halogens is 2. The van der Waals surface area contributed by atoms with Crippen LogP contribution in [0.1, 0.15) is 29.2 Å². The average Bonchev–Trinajstić information content (AvgIpc) is 2.98. The maximum absolute atomic E-state index is 12.6. The Balaban J connectivity index is 1.86. The Hall–Kier alpha value is -2.09. The molecular weight excluding hydrogens is 365 g/mol. The van der Waals surface area contributed by atoms with E-state index in [0.717, 1.165) is 25.9 Å². The van der Waals surface area contributed by atoms with Crippen molar-refractivity contribution in [3.8, 4) is 0 Å². The number of nitrogens with one attached hydrogen (secondary N) is 3. The number of carbonyl (C=O) groups excluding carboxylic acids is 2. The minimum atomic E-state index is -0.464. The number of hydrogen-bond acceptors (Lipinski definition) is 4. The van der Waals surface area contributed by atoms with Crippen LogP contribution in [0.5, 0.6) is 0 Å². The van der Waals surface area contributed by atoms with Gasteiger partial charge in [-0.1, -0.05) is 29.3 Å². The molecule has 2 heterocycles. The van der Waals surface area contributed by atoms with Crippen LogP contribution in [0.4, 0.5) is 11.5 Å². The van der Waals surface area contributed by atoms with Crippen LogP contribution in [-0.4, -0.2) is 35.2 Å². The average molecular weight is 382 g/mol. The van der Waals surface area contributed by atoms with E-state index in [1.807, 2.05) is 0 Å². The van der Waals surface area contributed by atoms with Gasteiger partial charge in [-0.2, -0.15) is 5.10 Å². The van der Waals surface area contributed by atoms with Crippen molar-refractivity contribution in [3.63, 3.8) is 0 Å². The molecule has 3 rings (SSSR count). The lowest BCUT2D eigenvalue weighted by Gasteiger charge is -2.22. The Morgan fingerprint density at radius 2 is 1.96 bits per heavy atom. The van der Waals surface area contributed by atoms with Gasteiger partial charge in [-0.05, 0) is 38.1 Å². The van der Waals surface area contributed by atoms with Crippen LogP contribution in [0, 0.1) is 0 Å². The van der Waals surface area contributed by atoms with Crippen molar-refractivity contribution < 1.29 is 9.59 Å². The standard InChI is InChI=1S/C16H17Cl2N5O2/c17-11-2-1-3-12(18)14(11)16(25)21-13-8-23(22-15(13)20-9-24)10-4-6-19-7-5-10/h1-3,8-10,19H,4-7H2,(H,21,25)(H,20,22,24). The summed E-state index contributed by atoms with van der Waals surface area (Å²) in [6.07, 6.45) is 4.08. The molecule has 1 saturated heterocycles. The zero-order chi connectivity index (χ0) is 17.8. The SMILES string of the molecule is O=CNc1nn(C2CCNCC2)cc1NC(=O)c1c(Cl)cccc1Cl. The molecule has 0 radical (unpaired) electrons. The normalized spacial score (nSPS) is 15.0. The summed E-state index contributed by atoms with van der Waals surface area (Å²) in [7, 11) is 0. The van der Waals surface area contributed by atoms with E-state index in [9.17, 15) is 9.59 Å². The minimum Gasteiger partial charge on any atom is -0.317 e. The number of benzene rings is 1. The minimum absolute atomic E-state index is 0.178. The lowest BCUT2D eigenvalue weighted by atomic mass is 10.1. The number of anilines is 2. The molecule has 25 heavy (non-hydrogen) atoms. The number of amides is 2. The highest BCUT2D eigenvalue weighted by Gasteiger charge is 2.21. The van der Waals surface area contributed by atoms with Crippen molar-refractivity contribution in [2.24, 2.45) is 0 Å². The molecule has 2 aromatic rings. The molecule has 1 fully saturated rings. The highest BCUT2D eigenvalue weighted by atomic mass is 35.5. The summed E-state index contributed by atoms with van der Waals surface area (Å²) in [5, 5.41) is 13.4. The molecule has 1 aliphatic heterocycles. The molecule has 0 aliphatic carbocycles. The summed E-state index contributed by atoms with van der Waals surface area (Å²) in [6.45, 7) is 1.80. The second kappa shape index (κ2) is 7.86. The van der Waals surface area contributed by atoms with E-state index in [-0.39, 0.29) is 27.5 Å². The van der Waals surface area contributed by atoms with Gasteiger partial charge in [0, 0.05) is 0 Å². The first kappa shape index (κ1) is 17.7. The van der Waals surface area contributed by atoms with Gasteiger partial charge in [0.15, 0.2) is 5.82 Å². The fourth-order valence-electron chi connectivity index (χ4n) is 2.80. The molecule has 3 N–H and O–H groups in total. The fraction of sp³-hybridized carbons (Fsp3) is 0.312. The Morgan fingerprint density at radius 3 is 2.60 bits per heavy atom. The second-order valence-corrected chi connectivity index (χ2v) is 6.48. The highest BCUT2D eigenvalue weighted by molar-refractivity contribution is 6.40. The Kier molecular flexibility index (Phi) is 5.57. The van der Waals surface area contributed by atoms with Crippen LogP contribution in [0.3, 0.4) is 0 Å². The molecule has 0 spiro atoms. The van der Waals surface area contributed by atoms with Gasteiger partial charge in [0.25, 0.3) is 5.91 Å². The second-order valence-electron chi connectivity index (χ2n) is 5.67. The third-order valence-corrected chi connectivity index (χ3v) is 4.68. The summed E-state index contributed by atoms with van der Waals surface area (Å²) in [4.78, 5) is 23.4. The van der Waals surface area contributed by atoms with E-state index in [2.05, 4.69) is 21.0 Å². The van der Waals surface area contributed by atoms with Gasteiger partial charge >= 0.3 is 0 Å². The molecule has 0 saturated carbocycles. The summed E-state index contributed by atoms with van der Waals surface area (Å²) in [6, 6.07) is 5.05. The van der Waals surface area contributed by atoms with Crippen LogP contribution >= 0.6 is 23.2 Å². The quantitative estimate of drug-likeness (QED) is 0.694. The third-order valence-electron chi connectivity index (χ3n) is 4.05. The predicted molar refractivity (Wildman–Crippen MR) is 97.5 cm³/mol. The number of carbonyl (C=O) groups is 2. The molecular formula is C16H17Cl2N5O2. The van der Waals surface area contributed by atoms with Crippen molar-refractivity contribution in [2.75, 3.05) is 23.7 Å². The van der Waals surface area contributed by atoms with Gasteiger partial charge in [-0.25, -0.2) is 0 Å². The van der Waals surface area contributed by atoms with Gasteiger partial charge in [0.05, 0.1) is 27.8 Å². The van der Waals surface area contributed by atoms with E-state index in [1.54, 1.807) is 29.1 Å². The predicted octanol–water partition coefficient (Wildman–Crippen LogP) is 2.94. The van der Waals surface area contributed by atoms with Crippen LogP contribution < -0.4 is 16.0 Å². The van der Waals surface area contributed by atoms with E-state index in [1.165, 1.54) is 0 Å².